The van der Waals surface area contributed by atoms with Crippen molar-refractivity contribution in [2.45, 2.75) is 52.7 Å². The Hall–Kier alpha value is -1.02. The molecular weight excluding hydrogens is 210 g/mol. The van der Waals surface area contributed by atoms with E-state index in [1.54, 1.807) is 0 Å². The first-order valence-corrected chi connectivity index (χ1v) is 6.63. The van der Waals surface area contributed by atoms with Crippen LogP contribution in [0.1, 0.15) is 39.2 Å². The Labute approximate surface area is 105 Å². The molecule has 0 spiro atoms. The molecule has 1 aromatic rings. The number of aryl methyl sites for hydroxylation is 1. The molecule has 0 radical (unpaired) electrons. The fourth-order valence-corrected chi connectivity index (χ4v) is 1.61. The van der Waals surface area contributed by atoms with Gasteiger partial charge in [0.05, 0.1) is 0 Å². The highest BCUT2D eigenvalue weighted by Crippen LogP contribution is 2.18. The maximum atomic E-state index is 6.03. The fourth-order valence-electron chi connectivity index (χ4n) is 1.61. The van der Waals surface area contributed by atoms with Crippen LogP contribution in [0.15, 0.2) is 24.3 Å². The summed E-state index contributed by atoms with van der Waals surface area (Å²) in [5, 5.41) is 3.50. The maximum Gasteiger partial charge on any atom is 0.122 e. The minimum atomic E-state index is 0.255. The third kappa shape index (κ3) is 4.78. The van der Waals surface area contributed by atoms with Crippen LogP contribution >= 0.6 is 0 Å². The number of nitrogens with one attached hydrogen (secondary N) is 1. The average molecular weight is 235 g/mol. The normalized spacial score (nSPS) is 14.4. The van der Waals surface area contributed by atoms with Crippen molar-refractivity contribution < 1.29 is 4.74 Å². The van der Waals surface area contributed by atoms with Crippen molar-refractivity contribution in [3.05, 3.63) is 29.8 Å². The van der Waals surface area contributed by atoms with Gasteiger partial charge in [-0.2, -0.15) is 0 Å². The standard InChI is InChI=1S/C15H25NO/c1-5-13(4)16-11-14(6-2)17-15-10-8-7-9-12(15)3/h7-10,13-14,16H,5-6,11H2,1-4H3/t13-,14+/m1/s1. The van der Waals surface area contributed by atoms with E-state index in [4.69, 9.17) is 4.74 Å². The van der Waals surface area contributed by atoms with E-state index >= 15 is 0 Å². The average Bonchev–Trinajstić information content (AvgIpc) is 2.36. The van der Waals surface area contributed by atoms with Gasteiger partial charge in [-0.15, -0.1) is 0 Å². The molecule has 1 rings (SSSR count). The van der Waals surface area contributed by atoms with Gasteiger partial charge < -0.3 is 10.1 Å². The molecule has 0 saturated heterocycles. The SMILES string of the molecule is CC[C@@H](CN[C@H](C)CC)Oc1ccccc1C. The number of benzene rings is 1. The Morgan fingerprint density at radius 3 is 2.47 bits per heavy atom. The molecule has 96 valence electrons. The molecule has 0 aliphatic heterocycles. The van der Waals surface area contributed by atoms with E-state index in [0.29, 0.717) is 6.04 Å². The monoisotopic (exact) mass is 235 g/mol. The topological polar surface area (TPSA) is 21.3 Å². The van der Waals surface area contributed by atoms with Gasteiger partial charge in [-0.1, -0.05) is 32.0 Å². The van der Waals surface area contributed by atoms with Crippen LogP contribution in [0.2, 0.25) is 0 Å². The number of ether oxygens (including phenoxy) is 1. The molecule has 1 N–H and O–H groups in total. The summed E-state index contributed by atoms with van der Waals surface area (Å²) in [6.45, 7) is 9.58. The Morgan fingerprint density at radius 1 is 1.18 bits per heavy atom. The van der Waals surface area contributed by atoms with Gasteiger partial charge in [0.15, 0.2) is 0 Å². The molecule has 0 aromatic heterocycles. The van der Waals surface area contributed by atoms with E-state index in [1.165, 1.54) is 5.56 Å². The van der Waals surface area contributed by atoms with Crippen LogP contribution in [-0.4, -0.2) is 18.7 Å². The van der Waals surface area contributed by atoms with Gasteiger partial charge in [0.2, 0.25) is 0 Å². The molecule has 0 bridgehead atoms. The first-order chi connectivity index (χ1) is 8.17. The van der Waals surface area contributed by atoms with Crippen molar-refractivity contribution in [2.75, 3.05) is 6.54 Å². The Bertz CT molecular complexity index is 324. The van der Waals surface area contributed by atoms with Gasteiger partial charge in [-0.05, 0) is 38.3 Å². The molecule has 2 nitrogen and oxygen atoms in total. The molecular formula is C15H25NO. The first kappa shape index (κ1) is 14.0. The molecule has 2 atom stereocenters. The Morgan fingerprint density at radius 2 is 1.88 bits per heavy atom. The second kappa shape index (κ2) is 7.33. The lowest BCUT2D eigenvalue weighted by molar-refractivity contribution is 0.187. The lowest BCUT2D eigenvalue weighted by Crippen LogP contribution is -2.36. The number of para-hydroxylation sites is 1. The van der Waals surface area contributed by atoms with E-state index in [9.17, 15) is 0 Å². The molecule has 0 saturated carbocycles. The predicted molar refractivity (Wildman–Crippen MR) is 73.6 cm³/mol. The van der Waals surface area contributed by atoms with E-state index in [0.717, 1.165) is 25.1 Å². The maximum absolute atomic E-state index is 6.03. The van der Waals surface area contributed by atoms with Crippen LogP contribution in [0.25, 0.3) is 0 Å². The van der Waals surface area contributed by atoms with Crippen molar-refractivity contribution in [1.29, 1.82) is 0 Å². The summed E-state index contributed by atoms with van der Waals surface area (Å²) in [6.07, 6.45) is 2.43. The fraction of sp³-hybridized carbons (Fsp3) is 0.600. The minimum absolute atomic E-state index is 0.255. The number of hydrogen-bond acceptors (Lipinski definition) is 2. The van der Waals surface area contributed by atoms with Crippen molar-refractivity contribution in [3.8, 4) is 5.75 Å². The van der Waals surface area contributed by atoms with Gasteiger partial charge in [0, 0.05) is 12.6 Å². The van der Waals surface area contributed by atoms with Crippen LogP contribution < -0.4 is 10.1 Å². The molecule has 17 heavy (non-hydrogen) atoms. The minimum Gasteiger partial charge on any atom is -0.489 e. The zero-order chi connectivity index (χ0) is 12.7. The van der Waals surface area contributed by atoms with Gasteiger partial charge in [0.25, 0.3) is 0 Å². The Balaban J connectivity index is 2.49. The zero-order valence-corrected chi connectivity index (χ0v) is 11.5. The summed E-state index contributed by atoms with van der Waals surface area (Å²) in [6, 6.07) is 8.76. The molecule has 0 amide bonds. The molecule has 0 aliphatic carbocycles. The van der Waals surface area contributed by atoms with Crippen LogP contribution in [-0.2, 0) is 0 Å². The van der Waals surface area contributed by atoms with Crippen molar-refractivity contribution in [3.63, 3.8) is 0 Å². The third-order valence-electron chi connectivity index (χ3n) is 3.15. The van der Waals surface area contributed by atoms with E-state index in [-0.39, 0.29) is 6.10 Å². The highest BCUT2D eigenvalue weighted by molar-refractivity contribution is 5.31. The van der Waals surface area contributed by atoms with Gasteiger partial charge >= 0.3 is 0 Å². The summed E-state index contributed by atoms with van der Waals surface area (Å²) >= 11 is 0. The van der Waals surface area contributed by atoms with E-state index in [2.05, 4.69) is 39.1 Å². The van der Waals surface area contributed by atoms with Crippen LogP contribution in [0.3, 0.4) is 0 Å². The summed E-state index contributed by atoms with van der Waals surface area (Å²) in [5.74, 6) is 1.00. The quantitative estimate of drug-likeness (QED) is 0.780. The molecule has 0 fully saturated rings. The van der Waals surface area contributed by atoms with Crippen molar-refractivity contribution in [2.24, 2.45) is 0 Å². The molecule has 0 heterocycles. The van der Waals surface area contributed by atoms with Gasteiger partial charge in [-0.25, -0.2) is 0 Å². The number of hydrogen-bond donors (Lipinski definition) is 1. The Kier molecular flexibility index (Phi) is 6.06. The van der Waals surface area contributed by atoms with Crippen LogP contribution in [0.4, 0.5) is 0 Å². The summed E-state index contributed by atoms with van der Waals surface area (Å²) in [5.41, 5.74) is 1.20. The van der Waals surface area contributed by atoms with Crippen LogP contribution in [0, 0.1) is 6.92 Å². The summed E-state index contributed by atoms with van der Waals surface area (Å²) in [7, 11) is 0. The van der Waals surface area contributed by atoms with E-state index in [1.807, 2.05) is 18.2 Å². The lowest BCUT2D eigenvalue weighted by atomic mass is 10.2. The first-order valence-electron chi connectivity index (χ1n) is 6.63. The number of rotatable bonds is 7. The highest BCUT2D eigenvalue weighted by atomic mass is 16.5. The van der Waals surface area contributed by atoms with E-state index < -0.39 is 0 Å². The van der Waals surface area contributed by atoms with Crippen molar-refractivity contribution in [1.82, 2.24) is 5.32 Å². The smallest absolute Gasteiger partial charge is 0.122 e. The largest absolute Gasteiger partial charge is 0.489 e. The highest BCUT2D eigenvalue weighted by Gasteiger charge is 2.10. The van der Waals surface area contributed by atoms with Crippen molar-refractivity contribution >= 4 is 0 Å². The summed E-state index contributed by atoms with van der Waals surface area (Å²) in [4.78, 5) is 0. The third-order valence-corrected chi connectivity index (χ3v) is 3.15. The molecule has 1 aromatic carbocycles. The zero-order valence-electron chi connectivity index (χ0n) is 11.5. The second-order valence-corrected chi connectivity index (χ2v) is 4.63. The second-order valence-electron chi connectivity index (χ2n) is 4.63. The van der Waals surface area contributed by atoms with Gasteiger partial charge in [-0.3, -0.25) is 0 Å². The van der Waals surface area contributed by atoms with Gasteiger partial charge in [0.1, 0.15) is 11.9 Å². The summed E-state index contributed by atoms with van der Waals surface area (Å²) < 4.78 is 6.03. The molecule has 2 heteroatoms. The lowest BCUT2D eigenvalue weighted by Gasteiger charge is -2.21. The molecule has 0 unspecified atom stereocenters. The predicted octanol–water partition coefficient (Wildman–Crippen LogP) is 3.54. The molecule has 0 aliphatic rings. The van der Waals surface area contributed by atoms with Crippen LogP contribution in [0.5, 0.6) is 5.75 Å².